The van der Waals surface area contributed by atoms with Crippen molar-refractivity contribution in [3.05, 3.63) is 0 Å². The zero-order valence-corrected chi connectivity index (χ0v) is 11.7. The summed E-state index contributed by atoms with van der Waals surface area (Å²) in [4.78, 5) is 0. The van der Waals surface area contributed by atoms with E-state index in [0.29, 0.717) is 38.0 Å². The first-order valence-electron chi connectivity index (χ1n) is 6.91. The molecule has 2 aliphatic rings. The van der Waals surface area contributed by atoms with E-state index >= 15 is 0 Å². The molecule has 1 unspecified atom stereocenters. The van der Waals surface area contributed by atoms with Crippen molar-refractivity contribution in [3.63, 3.8) is 0 Å². The lowest BCUT2D eigenvalue weighted by Crippen LogP contribution is -2.53. The molecule has 0 amide bonds. The molecule has 1 saturated carbocycles. The maximum atomic E-state index is 12.4. The van der Waals surface area contributed by atoms with Gasteiger partial charge in [0.05, 0.1) is 25.0 Å². The molecule has 1 atom stereocenters. The van der Waals surface area contributed by atoms with Gasteiger partial charge in [-0.2, -0.15) is 4.31 Å². The summed E-state index contributed by atoms with van der Waals surface area (Å²) in [6, 6.07) is -0.174. The quantitative estimate of drug-likeness (QED) is 0.814. The van der Waals surface area contributed by atoms with Crippen LogP contribution in [-0.4, -0.2) is 50.8 Å². The predicted octanol–water partition coefficient (Wildman–Crippen LogP) is 0.556. The average Bonchev–Trinajstić information content (AvgIpc) is 2.39. The van der Waals surface area contributed by atoms with E-state index in [2.05, 4.69) is 0 Å². The minimum absolute atomic E-state index is 0.174. The minimum Gasteiger partial charge on any atom is -0.378 e. The summed E-state index contributed by atoms with van der Waals surface area (Å²) in [6.07, 6.45) is 5.69. The molecule has 1 aliphatic carbocycles. The van der Waals surface area contributed by atoms with Crippen LogP contribution in [0.15, 0.2) is 0 Å². The normalized spacial score (nSPS) is 28.4. The molecule has 0 aromatic rings. The third-order valence-electron chi connectivity index (χ3n) is 3.97. The summed E-state index contributed by atoms with van der Waals surface area (Å²) in [7, 11) is -3.17. The molecule has 1 saturated heterocycles. The third kappa shape index (κ3) is 3.44. The fraction of sp³-hybridized carbons (Fsp3) is 1.00. The predicted molar refractivity (Wildman–Crippen MR) is 70.7 cm³/mol. The van der Waals surface area contributed by atoms with Gasteiger partial charge >= 0.3 is 0 Å². The van der Waals surface area contributed by atoms with Crippen LogP contribution >= 0.6 is 0 Å². The molecule has 0 radical (unpaired) electrons. The lowest BCUT2D eigenvalue weighted by Gasteiger charge is -2.35. The van der Waals surface area contributed by atoms with Crippen LogP contribution in [0.1, 0.15) is 32.1 Å². The Kier molecular flexibility index (Phi) is 5.00. The highest BCUT2D eigenvalue weighted by Gasteiger charge is 2.33. The van der Waals surface area contributed by atoms with Crippen LogP contribution in [0.25, 0.3) is 0 Å². The van der Waals surface area contributed by atoms with Crippen molar-refractivity contribution >= 4 is 10.0 Å². The van der Waals surface area contributed by atoms with Crippen molar-refractivity contribution < 1.29 is 13.2 Å². The Labute approximate surface area is 110 Å². The summed E-state index contributed by atoms with van der Waals surface area (Å²) in [5.74, 6) is 0.633. The summed E-state index contributed by atoms with van der Waals surface area (Å²) in [6.45, 7) is 1.71. The van der Waals surface area contributed by atoms with Crippen molar-refractivity contribution in [2.24, 2.45) is 11.7 Å². The highest BCUT2D eigenvalue weighted by atomic mass is 32.2. The van der Waals surface area contributed by atoms with Gasteiger partial charge in [-0.1, -0.05) is 19.3 Å². The van der Waals surface area contributed by atoms with Crippen LogP contribution in [0.4, 0.5) is 0 Å². The first kappa shape index (κ1) is 14.2. The van der Waals surface area contributed by atoms with Gasteiger partial charge in [0, 0.05) is 13.1 Å². The number of morpholine rings is 1. The molecule has 5 nitrogen and oxygen atoms in total. The lowest BCUT2D eigenvalue weighted by atomic mass is 9.91. The summed E-state index contributed by atoms with van der Waals surface area (Å²) in [5, 5.41) is 0. The Balaban J connectivity index is 1.99. The molecule has 1 heterocycles. The number of ether oxygens (including phenoxy) is 1. The largest absolute Gasteiger partial charge is 0.378 e. The van der Waals surface area contributed by atoms with Crippen molar-refractivity contribution in [3.8, 4) is 0 Å². The van der Waals surface area contributed by atoms with E-state index in [-0.39, 0.29) is 6.04 Å². The van der Waals surface area contributed by atoms with Crippen LogP contribution in [0.2, 0.25) is 0 Å². The second-order valence-electron chi connectivity index (χ2n) is 5.36. The number of nitrogens with two attached hydrogens (primary N) is 1. The first-order valence-corrected chi connectivity index (χ1v) is 8.52. The molecule has 0 bridgehead atoms. The SMILES string of the molecule is NCC1COCCN1S(=O)(=O)CC1CCCCC1. The van der Waals surface area contributed by atoms with Crippen LogP contribution in [-0.2, 0) is 14.8 Å². The molecule has 0 spiro atoms. The standard InChI is InChI=1S/C12H24N2O3S/c13-8-12-9-17-7-6-14(12)18(15,16)10-11-4-2-1-3-5-11/h11-12H,1-10,13H2. The minimum atomic E-state index is -3.17. The zero-order chi connectivity index (χ0) is 13.0. The van der Waals surface area contributed by atoms with Gasteiger partial charge < -0.3 is 10.5 Å². The fourth-order valence-corrected chi connectivity index (χ4v) is 5.01. The highest BCUT2D eigenvalue weighted by molar-refractivity contribution is 7.89. The van der Waals surface area contributed by atoms with Crippen molar-refractivity contribution in [1.82, 2.24) is 4.31 Å². The molecule has 2 N–H and O–H groups in total. The van der Waals surface area contributed by atoms with E-state index in [0.717, 1.165) is 12.8 Å². The smallest absolute Gasteiger partial charge is 0.214 e. The van der Waals surface area contributed by atoms with E-state index in [1.807, 2.05) is 0 Å². The van der Waals surface area contributed by atoms with Crippen LogP contribution < -0.4 is 5.73 Å². The molecule has 2 fully saturated rings. The molecule has 0 aromatic carbocycles. The van der Waals surface area contributed by atoms with Crippen molar-refractivity contribution in [1.29, 1.82) is 0 Å². The molecule has 2 rings (SSSR count). The molecule has 1 aliphatic heterocycles. The van der Waals surface area contributed by atoms with Crippen LogP contribution in [0, 0.1) is 5.92 Å². The van der Waals surface area contributed by atoms with Gasteiger partial charge in [-0.3, -0.25) is 0 Å². The number of sulfonamides is 1. The maximum absolute atomic E-state index is 12.4. The second-order valence-corrected chi connectivity index (χ2v) is 7.32. The molecular weight excluding hydrogens is 252 g/mol. The topological polar surface area (TPSA) is 72.6 Å². The van der Waals surface area contributed by atoms with E-state index < -0.39 is 10.0 Å². The average molecular weight is 276 g/mol. The summed E-state index contributed by atoms with van der Waals surface area (Å²) in [5.41, 5.74) is 5.64. The van der Waals surface area contributed by atoms with Crippen molar-refractivity contribution in [2.75, 3.05) is 32.1 Å². The Morgan fingerprint density at radius 3 is 2.61 bits per heavy atom. The molecular formula is C12H24N2O3S. The maximum Gasteiger partial charge on any atom is 0.214 e. The third-order valence-corrected chi connectivity index (χ3v) is 6.06. The zero-order valence-electron chi connectivity index (χ0n) is 10.9. The summed E-state index contributed by atoms with van der Waals surface area (Å²) < 4.78 is 31.8. The number of hydrogen-bond acceptors (Lipinski definition) is 4. The Morgan fingerprint density at radius 1 is 1.22 bits per heavy atom. The van der Waals surface area contributed by atoms with E-state index in [1.165, 1.54) is 19.3 Å². The number of hydrogen-bond donors (Lipinski definition) is 1. The van der Waals surface area contributed by atoms with Crippen molar-refractivity contribution in [2.45, 2.75) is 38.1 Å². The Hall–Kier alpha value is -0.170. The van der Waals surface area contributed by atoms with Gasteiger partial charge in [-0.05, 0) is 18.8 Å². The first-order chi connectivity index (χ1) is 8.63. The van der Waals surface area contributed by atoms with Gasteiger partial charge in [-0.25, -0.2) is 8.42 Å². The molecule has 106 valence electrons. The summed E-state index contributed by atoms with van der Waals surface area (Å²) >= 11 is 0. The lowest BCUT2D eigenvalue weighted by molar-refractivity contribution is 0.0356. The van der Waals surface area contributed by atoms with E-state index in [1.54, 1.807) is 4.31 Å². The molecule has 6 heteroatoms. The Bertz CT molecular complexity index is 352. The fourth-order valence-electron chi connectivity index (χ4n) is 2.94. The van der Waals surface area contributed by atoms with Gasteiger partial charge in [0.15, 0.2) is 0 Å². The van der Waals surface area contributed by atoms with Gasteiger partial charge in [0.25, 0.3) is 0 Å². The highest BCUT2D eigenvalue weighted by Crippen LogP contribution is 2.26. The van der Waals surface area contributed by atoms with E-state index in [4.69, 9.17) is 10.5 Å². The van der Waals surface area contributed by atoms with Crippen LogP contribution in [0.5, 0.6) is 0 Å². The second kappa shape index (κ2) is 6.32. The van der Waals surface area contributed by atoms with Crippen LogP contribution in [0.3, 0.4) is 0 Å². The van der Waals surface area contributed by atoms with Gasteiger partial charge in [0.2, 0.25) is 10.0 Å². The monoisotopic (exact) mass is 276 g/mol. The molecule has 18 heavy (non-hydrogen) atoms. The molecule has 0 aromatic heterocycles. The van der Waals surface area contributed by atoms with E-state index in [9.17, 15) is 8.42 Å². The number of nitrogens with zero attached hydrogens (tertiary/aromatic N) is 1. The van der Waals surface area contributed by atoms with Gasteiger partial charge in [0.1, 0.15) is 0 Å². The number of rotatable bonds is 4. The Morgan fingerprint density at radius 2 is 1.94 bits per heavy atom. The van der Waals surface area contributed by atoms with Gasteiger partial charge in [-0.15, -0.1) is 0 Å².